The van der Waals surface area contributed by atoms with Crippen LogP contribution < -0.4 is 0 Å². The van der Waals surface area contributed by atoms with Crippen molar-refractivity contribution in [3.05, 3.63) is 67.2 Å². The van der Waals surface area contributed by atoms with Crippen molar-refractivity contribution in [1.82, 2.24) is 0 Å². The van der Waals surface area contributed by atoms with Gasteiger partial charge in [-0.3, -0.25) is 0 Å². The number of halogens is 4. The Labute approximate surface area is 128 Å². The first kappa shape index (κ1) is 14.7. The van der Waals surface area contributed by atoms with E-state index in [0.717, 1.165) is 3.57 Å². The molecule has 2 aromatic carbocycles. The van der Waals surface area contributed by atoms with Crippen molar-refractivity contribution in [2.75, 3.05) is 0 Å². The number of aliphatic hydroxyl groups is 1. The molecular weight excluding hydrogens is 385 g/mol. The lowest BCUT2D eigenvalue weighted by molar-refractivity contribution is 0.212. The van der Waals surface area contributed by atoms with Gasteiger partial charge in [0.15, 0.2) is 11.6 Å². The monoisotopic (exact) mass is 394 g/mol. The van der Waals surface area contributed by atoms with Gasteiger partial charge >= 0.3 is 0 Å². The van der Waals surface area contributed by atoms with Gasteiger partial charge in [-0.2, -0.15) is 0 Å². The van der Waals surface area contributed by atoms with Crippen molar-refractivity contribution >= 4 is 34.2 Å². The molecule has 1 nitrogen and oxygen atoms in total. The highest BCUT2D eigenvalue weighted by molar-refractivity contribution is 14.1. The van der Waals surface area contributed by atoms with Crippen LogP contribution in [0, 0.1) is 22.1 Å². The summed E-state index contributed by atoms with van der Waals surface area (Å²) in [6.45, 7) is 1.47. The SMILES string of the molecule is Cc1ccc(C(O)c2cc(Cl)ccc2I)c(F)c1F. The average Bonchev–Trinajstić information content (AvgIpc) is 2.38. The fraction of sp³-hybridized carbons (Fsp3) is 0.143. The molecule has 0 bridgehead atoms. The summed E-state index contributed by atoms with van der Waals surface area (Å²) in [5, 5.41) is 10.7. The molecule has 0 aliphatic heterocycles. The Bertz CT molecular complexity index is 631. The van der Waals surface area contributed by atoms with Gasteiger partial charge in [0.25, 0.3) is 0 Å². The van der Waals surface area contributed by atoms with Gasteiger partial charge in [-0.25, -0.2) is 8.78 Å². The Kier molecular flexibility index (Phi) is 4.43. The van der Waals surface area contributed by atoms with Gasteiger partial charge in [-0.05, 0) is 58.8 Å². The first-order valence-corrected chi connectivity index (χ1v) is 6.95. The molecule has 0 heterocycles. The third kappa shape index (κ3) is 2.90. The number of rotatable bonds is 2. The lowest BCUT2D eigenvalue weighted by Crippen LogP contribution is -2.07. The molecule has 100 valence electrons. The number of aliphatic hydroxyl groups excluding tert-OH is 1. The van der Waals surface area contributed by atoms with Crippen LogP contribution in [0.4, 0.5) is 8.78 Å². The third-order valence-corrected chi connectivity index (χ3v) is 4.07. The van der Waals surface area contributed by atoms with E-state index >= 15 is 0 Å². The Morgan fingerprint density at radius 1 is 1.11 bits per heavy atom. The van der Waals surface area contributed by atoms with Gasteiger partial charge in [-0.15, -0.1) is 0 Å². The van der Waals surface area contributed by atoms with Crippen molar-refractivity contribution in [3.63, 3.8) is 0 Å². The summed E-state index contributed by atoms with van der Waals surface area (Å²) < 4.78 is 28.1. The van der Waals surface area contributed by atoms with Crippen LogP contribution in [0.15, 0.2) is 30.3 Å². The largest absolute Gasteiger partial charge is 0.384 e. The molecule has 0 spiro atoms. The average molecular weight is 395 g/mol. The van der Waals surface area contributed by atoms with E-state index in [2.05, 4.69) is 0 Å². The van der Waals surface area contributed by atoms with Crippen LogP contribution in [-0.2, 0) is 0 Å². The van der Waals surface area contributed by atoms with Gasteiger partial charge in [0.2, 0.25) is 0 Å². The zero-order chi connectivity index (χ0) is 14.2. The highest BCUT2D eigenvalue weighted by Crippen LogP contribution is 2.31. The molecule has 1 unspecified atom stereocenters. The number of aryl methyl sites for hydroxylation is 1. The van der Waals surface area contributed by atoms with E-state index < -0.39 is 17.7 Å². The lowest BCUT2D eigenvalue weighted by Gasteiger charge is -2.15. The second kappa shape index (κ2) is 5.73. The molecule has 0 amide bonds. The van der Waals surface area contributed by atoms with Crippen molar-refractivity contribution < 1.29 is 13.9 Å². The maximum atomic E-state index is 13.9. The van der Waals surface area contributed by atoms with Crippen LogP contribution >= 0.6 is 34.2 Å². The normalized spacial score (nSPS) is 12.5. The summed E-state index contributed by atoms with van der Waals surface area (Å²) in [7, 11) is 0. The van der Waals surface area contributed by atoms with Crippen LogP contribution in [0.2, 0.25) is 5.02 Å². The molecule has 0 aromatic heterocycles. The van der Waals surface area contributed by atoms with Gasteiger partial charge in [0.1, 0.15) is 6.10 Å². The van der Waals surface area contributed by atoms with Crippen LogP contribution in [0.5, 0.6) is 0 Å². The van der Waals surface area contributed by atoms with Gasteiger partial charge in [0.05, 0.1) is 0 Å². The van der Waals surface area contributed by atoms with E-state index in [4.69, 9.17) is 11.6 Å². The van der Waals surface area contributed by atoms with Crippen LogP contribution in [0.3, 0.4) is 0 Å². The second-order valence-corrected chi connectivity index (χ2v) is 5.77. The summed E-state index contributed by atoms with van der Waals surface area (Å²) in [5.41, 5.74) is 0.563. The van der Waals surface area contributed by atoms with Gasteiger partial charge in [-0.1, -0.05) is 23.7 Å². The van der Waals surface area contributed by atoms with Crippen molar-refractivity contribution in [3.8, 4) is 0 Å². The molecule has 19 heavy (non-hydrogen) atoms. The Morgan fingerprint density at radius 2 is 1.79 bits per heavy atom. The van der Waals surface area contributed by atoms with E-state index in [9.17, 15) is 13.9 Å². The minimum atomic E-state index is -1.25. The molecule has 2 aromatic rings. The minimum Gasteiger partial charge on any atom is -0.384 e. The van der Waals surface area contributed by atoms with E-state index in [0.29, 0.717) is 10.6 Å². The van der Waals surface area contributed by atoms with E-state index in [1.807, 2.05) is 22.6 Å². The molecular formula is C14H10ClF2IO. The fourth-order valence-corrected chi connectivity index (χ4v) is 2.57. The highest BCUT2D eigenvalue weighted by Gasteiger charge is 2.21. The Balaban J connectivity index is 2.53. The predicted molar refractivity (Wildman–Crippen MR) is 79.3 cm³/mol. The molecule has 1 N–H and O–H groups in total. The highest BCUT2D eigenvalue weighted by atomic mass is 127. The van der Waals surface area contributed by atoms with Crippen LogP contribution in [0.1, 0.15) is 22.8 Å². The summed E-state index contributed by atoms with van der Waals surface area (Å²) >= 11 is 7.87. The first-order valence-electron chi connectivity index (χ1n) is 5.49. The lowest BCUT2D eigenvalue weighted by atomic mass is 9.99. The van der Waals surface area contributed by atoms with E-state index in [1.54, 1.807) is 18.2 Å². The smallest absolute Gasteiger partial charge is 0.165 e. The molecule has 0 fully saturated rings. The maximum Gasteiger partial charge on any atom is 0.165 e. The van der Waals surface area contributed by atoms with Crippen LogP contribution in [-0.4, -0.2) is 5.11 Å². The second-order valence-electron chi connectivity index (χ2n) is 4.17. The predicted octanol–water partition coefficient (Wildman–Crippen LogP) is 4.61. The quantitative estimate of drug-likeness (QED) is 0.738. The molecule has 2 rings (SSSR count). The molecule has 1 atom stereocenters. The molecule has 0 saturated carbocycles. The molecule has 0 aliphatic carbocycles. The molecule has 0 radical (unpaired) electrons. The van der Waals surface area contributed by atoms with Gasteiger partial charge in [0, 0.05) is 14.2 Å². The van der Waals surface area contributed by atoms with Crippen molar-refractivity contribution in [2.24, 2.45) is 0 Å². The van der Waals surface area contributed by atoms with E-state index in [-0.39, 0.29) is 11.1 Å². The Hall–Kier alpha value is -0.720. The van der Waals surface area contributed by atoms with Gasteiger partial charge < -0.3 is 5.11 Å². The topological polar surface area (TPSA) is 20.2 Å². The first-order chi connectivity index (χ1) is 8.91. The van der Waals surface area contributed by atoms with E-state index in [1.165, 1.54) is 19.1 Å². The van der Waals surface area contributed by atoms with Crippen molar-refractivity contribution in [2.45, 2.75) is 13.0 Å². The maximum absolute atomic E-state index is 13.9. The molecule has 5 heteroatoms. The Morgan fingerprint density at radius 3 is 2.47 bits per heavy atom. The fourth-order valence-electron chi connectivity index (χ4n) is 1.76. The molecule has 0 saturated heterocycles. The summed E-state index contributed by atoms with van der Waals surface area (Å²) in [5.74, 6) is -1.96. The minimum absolute atomic E-state index is 0.0942. The number of hydrogen-bond acceptors (Lipinski definition) is 1. The summed E-state index contributed by atoms with van der Waals surface area (Å²) in [6.07, 6.45) is -1.25. The zero-order valence-electron chi connectivity index (χ0n) is 9.92. The summed E-state index contributed by atoms with van der Waals surface area (Å²) in [4.78, 5) is 0. The van der Waals surface area contributed by atoms with Crippen LogP contribution in [0.25, 0.3) is 0 Å². The number of hydrogen-bond donors (Lipinski definition) is 1. The van der Waals surface area contributed by atoms with Crippen molar-refractivity contribution in [1.29, 1.82) is 0 Å². The summed E-state index contributed by atoms with van der Waals surface area (Å²) in [6, 6.07) is 7.75. The number of benzene rings is 2. The zero-order valence-corrected chi connectivity index (χ0v) is 12.8. The standard InChI is InChI=1S/C14H10ClF2IO/c1-7-2-4-9(13(17)12(7)16)14(19)10-6-8(15)3-5-11(10)18/h2-6,14,19H,1H3. The third-order valence-electron chi connectivity index (χ3n) is 2.85. The molecule has 0 aliphatic rings.